The molecule has 1 atom stereocenters. The zero-order valence-corrected chi connectivity index (χ0v) is 15.3. The number of hydrogen-bond acceptors (Lipinski definition) is 4. The summed E-state index contributed by atoms with van der Waals surface area (Å²) < 4.78 is 16.9. The predicted molar refractivity (Wildman–Crippen MR) is 99.1 cm³/mol. The molecule has 1 unspecified atom stereocenters. The molecule has 0 amide bonds. The van der Waals surface area contributed by atoms with Gasteiger partial charge in [-0.15, -0.1) is 0 Å². The molecule has 0 saturated heterocycles. The molecule has 1 N–H and O–H groups in total. The third-order valence-electron chi connectivity index (χ3n) is 4.33. The second kappa shape index (κ2) is 8.37. The summed E-state index contributed by atoms with van der Waals surface area (Å²) in [5.41, 5.74) is 4.82. The van der Waals surface area contributed by atoms with Gasteiger partial charge in [-0.1, -0.05) is 24.3 Å². The summed E-state index contributed by atoms with van der Waals surface area (Å²) in [5.74, 6) is 1.95. The minimum Gasteiger partial charge on any atom is -0.494 e. The van der Waals surface area contributed by atoms with Crippen LogP contribution in [0, 0.1) is 0 Å². The summed E-state index contributed by atoms with van der Waals surface area (Å²) >= 11 is 0. The van der Waals surface area contributed by atoms with Gasteiger partial charge in [-0.05, 0) is 37.1 Å². The highest BCUT2D eigenvalue weighted by Crippen LogP contribution is 2.35. The first kappa shape index (κ1) is 17.8. The van der Waals surface area contributed by atoms with Crippen molar-refractivity contribution in [2.75, 3.05) is 13.7 Å². The lowest BCUT2D eigenvalue weighted by molar-refractivity contribution is 0.185. The van der Waals surface area contributed by atoms with Crippen LogP contribution in [0.2, 0.25) is 0 Å². The first-order valence-electron chi connectivity index (χ1n) is 8.92. The van der Waals surface area contributed by atoms with E-state index in [0.717, 1.165) is 36.6 Å². The van der Waals surface area contributed by atoms with E-state index in [1.165, 1.54) is 16.7 Å². The van der Waals surface area contributed by atoms with Gasteiger partial charge >= 0.3 is 0 Å². The van der Waals surface area contributed by atoms with E-state index in [4.69, 9.17) is 14.2 Å². The van der Waals surface area contributed by atoms with Crippen molar-refractivity contribution in [2.24, 2.45) is 0 Å². The molecule has 0 spiro atoms. The average molecular weight is 341 g/mol. The second-order valence-electron chi connectivity index (χ2n) is 6.49. The van der Waals surface area contributed by atoms with E-state index >= 15 is 0 Å². The van der Waals surface area contributed by atoms with E-state index in [9.17, 15) is 0 Å². The van der Waals surface area contributed by atoms with Gasteiger partial charge < -0.3 is 19.5 Å². The Bertz CT molecular complexity index is 714. The number of hydrogen-bond donors (Lipinski definition) is 1. The van der Waals surface area contributed by atoms with Crippen LogP contribution in [0.3, 0.4) is 0 Å². The second-order valence-corrected chi connectivity index (χ2v) is 6.49. The third kappa shape index (κ3) is 4.53. The monoisotopic (exact) mass is 341 g/mol. The standard InChI is InChI=1S/C21H27NO3/c1-4-24-20-10-18-8-15(2)25-21(18)11-19(20)13-22-12-16-6-5-7-17(9-16)14-23-3/h5-7,9-11,15,22H,4,8,12-14H2,1-3H3. The van der Waals surface area contributed by atoms with Crippen molar-refractivity contribution in [3.8, 4) is 11.5 Å². The lowest BCUT2D eigenvalue weighted by Gasteiger charge is -2.13. The molecular weight excluding hydrogens is 314 g/mol. The third-order valence-corrected chi connectivity index (χ3v) is 4.33. The van der Waals surface area contributed by atoms with Crippen molar-refractivity contribution >= 4 is 0 Å². The van der Waals surface area contributed by atoms with Crippen molar-refractivity contribution in [3.63, 3.8) is 0 Å². The molecule has 1 heterocycles. The first-order chi connectivity index (χ1) is 12.2. The molecule has 2 aromatic rings. The summed E-state index contributed by atoms with van der Waals surface area (Å²) in [6.45, 7) is 6.98. The molecule has 0 fully saturated rings. The van der Waals surface area contributed by atoms with Crippen molar-refractivity contribution in [2.45, 2.75) is 46.1 Å². The van der Waals surface area contributed by atoms with Crippen molar-refractivity contribution in [1.29, 1.82) is 0 Å². The molecule has 4 heteroatoms. The van der Waals surface area contributed by atoms with Gasteiger partial charge in [0.15, 0.2) is 0 Å². The summed E-state index contributed by atoms with van der Waals surface area (Å²) in [6, 6.07) is 12.7. The minimum absolute atomic E-state index is 0.246. The SMILES string of the molecule is CCOc1cc2c(cc1CNCc1cccc(COC)c1)OC(C)C2. The van der Waals surface area contributed by atoms with Crippen LogP contribution in [0.1, 0.15) is 36.1 Å². The largest absolute Gasteiger partial charge is 0.494 e. The smallest absolute Gasteiger partial charge is 0.124 e. The fourth-order valence-corrected chi connectivity index (χ4v) is 3.25. The summed E-state index contributed by atoms with van der Waals surface area (Å²) in [6.07, 6.45) is 1.20. The molecule has 0 aromatic heterocycles. The van der Waals surface area contributed by atoms with Crippen LogP contribution >= 0.6 is 0 Å². The summed E-state index contributed by atoms with van der Waals surface area (Å²) in [7, 11) is 1.72. The number of fused-ring (bicyclic) bond motifs is 1. The molecular formula is C21H27NO3. The van der Waals surface area contributed by atoms with Crippen LogP contribution in [-0.4, -0.2) is 19.8 Å². The maximum atomic E-state index is 5.89. The van der Waals surface area contributed by atoms with E-state index in [-0.39, 0.29) is 6.10 Å². The highest BCUT2D eigenvalue weighted by atomic mass is 16.5. The quantitative estimate of drug-likeness (QED) is 0.792. The average Bonchev–Trinajstić information content (AvgIpc) is 2.95. The molecule has 1 aliphatic rings. The predicted octanol–water partition coefficient (Wildman–Crippen LogP) is 3.84. The number of rotatable bonds is 8. The van der Waals surface area contributed by atoms with E-state index in [1.807, 2.05) is 6.92 Å². The molecule has 134 valence electrons. The molecule has 0 saturated carbocycles. The molecule has 0 bridgehead atoms. The zero-order valence-electron chi connectivity index (χ0n) is 15.3. The van der Waals surface area contributed by atoms with Gasteiger partial charge in [0.1, 0.15) is 17.6 Å². The van der Waals surface area contributed by atoms with Gasteiger partial charge in [0, 0.05) is 37.7 Å². The molecule has 25 heavy (non-hydrogen) atoms. The van der Waals surface area contributed by atoms with E-state index in [1.54, 1.807) is 7.11 Å². The van der Waals surface area contributed by atoms with Crippen molar-refractivity contribution in [3.05, 3.63) is 58.7 Å². The molecule has 3 rings (SSSR count). The van der Waals surface area contributed by atoms with Gasteiger partial charge in [-0.25, -0.2) is 0 Å². The van der Waals surface area contributed by atoms with Crippen LogP contribution in [0.25, 0.3) is 0 Å². The van der Waals surface area contributed by atoms with Gasteiger partial charge in [-0.2, -0.15) is 0 Å². The van der Waals surface area contributed by atoms with E-state index in [0.29, 0.717) is 13.2 Å². The Balaban J connectivity index is 1.66. The maximum absolute atomic E-state index is 5.89. The van der Waals surface area contributed by atoms with Crippen LogP contribution in [0.4, 0.5) is 0 Å². The Morgan fingerprint density at radius 2 is 2.00 bits per heavy atom. The fourth-order valence-electron chi connectivity index (χ4n) is 3.25. The maximum Gasteiger partial charge on any atom is 0.124 e. The Hall–Kier alpha value is -2.04. The van der Waals surface area contributed by atoms with E-state index in [2.05, 4.69) is 48.6 Å². The topological polar surface area (TPSA) is 39.7 Å². The Labute approximate surface area is 150 Å². The van der Waals surface area contributed by atoms with Crippen LogP contribution in [-0.2, 0) is 30.9 Å². The Morgan fingerprint density at radius 1 is 1.16 bits per heavy atom. The van der Waals surface area contributed by atoms with Gasteiger partial charge in [0.2, 0.25) is 0 Å². The summed E-state index contributed by atoms with van der Waals surface area (Å²) in [4.78, 5) is 0. The van der Waals surface area contributed by atoms with Crippen molar-refractivity contribution in [1.82, 2.24) is 5.32 Å². The first-order valence-corrected chi connectivity index (χ1v) is 8.92. The van der Waals surface area contributed by atoms with E-state index < -0.39 is 0 Å². The Kier molecular flexibility index (Phi) is 5.95. The number of nitrogens with one attached hydrogen (secondary N) is 1. The number of ether oxygens (including phenoxy) is 3. The van der Waals surface area contributed by atoms with Crippen LogP contribution in [0.5, 0.6) is 11.5 Å². The molecule has 2 aromatic carbocycles. The highest BCUT2D eigenvalue weighted by molar-refractivity contribution is 5.48. The van der Waals surface area contributed by atoms with Crippen LogP contribution < -0.4 is 14.8 Å². The molecule has 0 radical (unpaired) electrons. The van der Waals surface area contributed by atoms with Crippen LogP contribution in [0.15, 0.2) is 36.4 Å². The molecule has 1 aliphatic heterocycles. The van der Waals surface area contributed by atoms with Gasteiger partial charge in [0.05, 0.1) is 13.2 Å². The lowest BCUT2D eigenvalue weighted by Crippen LogP contribution is -2.14. The fraction of sp³-hybridized carbons (Fsp3) is 0.429. The zero-order chi connectivity index (χ0) is 17.6. The number of methoxy groups -OCH3 is 1. The normalized spacial score (nSPS) is 15.7. The number of benzene rings is 2. The molecule has 4 nitrogen and oxygen atoms in total. The van der Waals surface area contributed by atoms with Crippen molar-refractivity contribution < 1.29 is 14.2 Å². The highest BCUT2D eigenvalue weighted by Gasteiger charge is 2.21. The minimum atomic E-state index is 0.246. The van der Waals surface area contributed by atoms with Gasteiger partial charge in [0.25, 0.3) is 0 Å². The molecule has 0 aliphatic carbocycles. The van der Waals surface area contributed by atoms with Gasteiger partial charge in [-0.3, -0.25) is 0 Å². The summed E-state index contributed by atoms with van der Waals surface area (Å²) in [5, 5.41) is 3.51. The lowest BCUT2D eigenvalue weighted by atomic mass is 10.1. The Morgan fingerprint density at radius 3 is 2.80 bits per heavy atom.